The highest BCUT2D eigenvalue weighted by molar-refractivity contribution is 9.10. The Hall–Kier alpha value is -2.15. The Morgan fingerprint density at radius 3 is 2.71 bits per heavy atom. The van der Waals surface area contributed by atoms with Crippen LogP contribution < -0.4 is 0 Å². The summed E-state index contributed by atoms with van der Waals surface area (Å²) in [5, 5.41) is 4.29. The Morgan fingerprint density at radius 2 is 2.00 bits per heavy atom. The van der Waals surface area contributed by atoms with E-state index in [1.807, 2.05) is 47.1 Å². The molecule has 4 heterocycles. The zero-order chi connectivity index (χ0) is 16.7. The van der Waals surface area contributed by atoms with Crippen LogP contribution in [0, 0.1) is 0 Å². The number of amides is 1. The topological polar surface area (TPSA) is 55.4 Å². The summed E-state index contributed by atoms with van der Waals surface area (Å²) in [4.78, 5) is 19.1. The van der Waals surface area contributed by atoms with Crippen LogP contribution in [-0.2, 0) is 13.5 Å². The van der Waals surface area contributed by atoms with Gasteiger partial charge in [0.1, 0.15) is 10.3 Å². The predicted octanol–water partition coefficient (Wildman–Crippen LogP) is 2.66. The third-order valence-corrected chi connectivity index (χ3v) is 5.03. The number of hydrogen-bond donors (Lipinski definition) is 0. The zero-order valence-electron chi connectivity index (χ0n) is 13.4. The third kappa shape index (κ3) is 2.84. The quantitative estimate of drug-likeness (QED) is 0.693. The number of hydrogen-bond acceptors (Lipinski definition) is 3. The van der Waals surface area contributed by atoms with Crippen LogP contribution in [0.1, 0.15) is 34.5 Å². The van der Waals surface area contributed by atoms with Crippen molar-refractivity contribution in [3.8, 4) is 0 Å². The van der Waals surface area contributed by atoms with Gasteiger partial charge in [0.25, 0.3) is 5.91 Å². The SMILES string of the molecule is Cn1cc(Cc2cn3cc(C(=O)N4CCCC4)ccc3n2)c(Br)n1. The number of halogens is 1. The van der Waals surface area contributed by atoms with Gasteiger partial charge in [0.05, 0.1) is 11.3 Å². The van der Waals surface area contributed by atoms with Gasteiger partial charge < -0.3 is 9.30 Å². The van der Waals surface area contributed by atoms with Crippen LogP contribution in [0.5, 0.6) is 0 Å². The van der Waals surface area contributed by atoms with Crippen molar-refractivity contribution in [1.29, 1.82) is 0 Å². The van der Waals surface area contributed by atoms with E-state index in [2.05, 4.69) is 26.0 Å². The molecule has 3 aromatic rings. The molecule has 0 bridgehead atoms. The Labute approximate surface area is 148 Å². The lowest BCUT2D eigenvalue weighted by molar-refractivity contribution is 0.0792. The Morgan fingerprint density at radius 1 is 1.21 bits per heavy atom. The molecule has 124 valence electrons. The van der Waals surface area contributed by atoms with Crippen LogP contribution in [0.2, 0.25) is 0 Å². The van der Waals surface area contributed by atoms with Gasteiger partial charge in [-0.05, 0) is 40.9 Å². The summed E-state index contributed by atoms with van der Waals surface area (Å²) < 4.78 is 4.55. The second kappa shape index (κ2) is 6.05. The molecule has 0 radical (unpaired) electrons. The van der Waals surface area contributed by atoms with E-state index in [1.54, 1.807) is 4.68 Å². The first-order chi connectivity index (χ1) is 11.6. The van der Waals surface area contributed by atoms with Gasteiger partial charge in [-0.2, -0.15) is 5.10 Å². The minimum absolute atomic E-state index is 0.111. The molecule has 24 heavy (non-hydrogen) atoms. The molecule has 0 aliphatic carbocycles. The van der Waals surface area contributed by atoms with Gasteiger partial charge in [-0.15, -0.1) is 0 Å². The van der Waals surface area contributed by atoms with Crippen LogP contribution in [0.4, 0.5) is 0 Å². The van der Waals surface area contributed by atoms with Gasteiger partial charge in [0.15, 0.2) is 0 Å². The summed E-state index contributed by atoms with van der Waals surface area (Å²) in [6.45, 7) is 1.72. The number of aromatic nitrogens is 4. The molecule has 1 aliphatic heterocycles. The number of carbonyl (C=O) groups is 1. The predicted molar refractivity (Wildman–Crippen MR) is 94.0 cm³/mol. The molecule has 0 atom stereocenters. The van der Waals surface area contributed by atoms with Crippen molar-refractivity contribution < 1.29 is 4.79 Å². The van der Waals surface area contributed by atoms with Gasteiger partial charge in [0, 0.05) is 50.7 Å². The molecule has 1 saturated heterocycles. The molecule has 1 aliphatic rings. The van der Waals surface area contributed by atoms with E-state index in [1.165, 1.54) is 0 Å². The highest BCUT2D eigenvalue weighted by atomic mass is 79.9. The highest BCUT2D eigenvalue weighted by Gasteiger charge is 2.20. The van der Waals surface area contributed by atoms with Gasteiger partial charge in [-0.3, -0.25) is 9.48 Å². The van der Waals surface area contributed by atoms with E-state index in [-0.39, 0.29) is 5.91 Å². The molecular weight excluding hydrogens is 370 g/mol. The second-order valence-corrected chi connectivity index (χ2v) is 6.96. The maximum atomic E-state index is 12.5. The number of pyridine rings is 1. The van der Waals surface area contributed by atoms with Gasteiger partial charge >= 0.3 is 0 Å². The molecule has 1 fully saturated rings. The fraction of sp³-hybridized carbons (Fsp3) is 0.353. The second-order valence-electron chi connectivity index (χ2n) is 6.21. The molecule has 4 rings (SSSR count). The number of carbonyl (C=O) groups excluding carboxylic acids is 1. The first kappa shape index (κ1) is 15.4. The smallest absolute Gasteiger partial charge is 0.255 e. The normalized spacial score (nSPS) is 14.7. The Balaban J connectivity index is 1.61. The molecule has 7 heteroatoms. The highest BCUT2D eigenvalue weighted by Crippen LogP contribution is 2.19. The van der Waals surface area contributed by atoms with E-state index in [9.17, 15) is 4.79 Å². The lowest BCUT2D eigenvalue weighted by Crippen LogP contribution is -2.27. The Kier molecular flexibility index (Phi) is 3.88. The van der Waals surface area contributed by atoms with Crippen molar-refractivity contribution >= 4 is 27.5 Å². The largest absolute Gasteiger partial charge is 0.339 e. The van der Waals surface area contributed by atoms with Crippen molar-refractivity contribution in [3.63, 3.8) is 0 Å². The van der Waals surface area contributed by atoms with Crippen molar-refractivity contribution in [2.24, 2.45) is 7.05 Å². The van der Waals surface area contributed by atoms with E-state index in [0.29, 0.717) is 6.42 Å². The summed E-state index contributed by atoms with van der Waals surface area (Å²) in [5.41, 5.74) is 3.61. The molecule has 0 aromatic carbocycles. The number of rotatable bonds is 3. The van der Waals surface area contributed by atoms with Crippen molar-refractivity contribution in [2.45, 2.75) is 19.3 Å². The molecule has 0 unspecified atom stereocenters. The van der Waals surface area contributed by atoms with Crippen molar-refractivity contribution in [1.82, 2.24) is 24.1 Å². The Bertz CT molecular complexity index is 907. The number of aryl methyl sites for hydroxylation is 1. The maximum absolute atomic E-state index is 12.5. The zero-order valence-corrected chi connectivity index (χ0v) is 15.0. The molecule has 6 nitrogen and oxygen atoms in total. The van der Waals surface area contributed by atoms with Crippen molar-refractivity contribution in [3.05, 3.63) is 52.1 Å². The summed E-state index contributed by atoms with van der Waals surface area (Å²) in [6.07, 6.45) is 8.74. The molecule has 1 amide bonds. The molecule has 0 spiro atoms. The number of imidazole rings is 1. The minimum atomic E-state index is 0.111. The fourth-order valence-corrected chi connectivity index (χ4v) is 3.68. The van der Waals surface area contributed by atoms with Crippen LogP contribution >= 0.6 is 15.9 Å². The van der Waals surface area contributed by atoms with Crippen LogP contribution in [0.15, 0.2) is 35.3 Å². The van der Waals surface area contributed by atoms with E-state index in [4.69, 9.17) is 0 Å². The summed E-state index contributed by atoms with van der Waals surface area (Å²) in [7, 11) is 1.90. The summed E-state index contributed by atoms with van der Waals surface area (Å²) >= 11 is 3.47. The third-order valence-electron chi connectivity index (χ3n) is 4.37. The average Bonchev–Trinajstić information content (AvgIpc) is 3.27. The van der Waals surface area contributed by atoms with Crippen LogP contribution in [0.25, 0.3) is 5.65 Å². The molecule has 0 saturated carbocycles. The van der Waals surface area contributed by atoms with Crippen LogP contribution in [0.3, 0.4) is 0 Å². The lowest BCUT2D eigenvalue weighted by Gasteiger charge is -2.15. The standard InChI is InChI=1S/C17H18BrN5O/c1-21-9-13(16(18)20-21)8-14-11-23-10-12(4-5-15(23)19-14)17(24)22-6-2-3-7-22/h4-5,9-11H,2-3,6-8H2,1H3. The molecule has 3 aromatic heterocycles. The monoisotopic (exact) mass is 387 g/mol. The molecule has 0 N–H and O–H groups in total. The first-order valence-electron chi connectivity index (χ1n) is 8.05. The van der Waals surface area contributed by atoms with Crippen molar-refractivity contribution in [2.75, 3.05) is 13.1 Å². The number of fused-ring (bicyclic) bond motifs is 1. The summed E-state index contributed by atoms with van der Waals surface area (Å²) in [5.74, 6) is 0.111. The van der Waals surface area contributed by atoms with E-state index >= 15 is 0 Å². The van der Waals surface area contributed by atoms with Crippen LogP contribution in [-0.4, -0.2) is 43.1 Å². The first-order valence-corrected chi connectivity index (χ1v) is 8.84. The fourth-order valence-electron chi connectivity index (χ4n) is 3.18. The van der Waals surface area contributed by atoms with Gasteiger partial charge in [-0.1, -0.05) is 0 Å². The molecular formula is C17H18BrN5O. The van der Waals surface area contributed by atoms with Gasteiger partial charge in [0.2, 0.25) is 0 Å². The van der Waals surface area contributed by atoms with E-state index < -0.39 is 0 Å². The minimum Gasteiger partial charge on any atom is -0.339 e. The van der Waals surface area contributed by atoms with E-state index in [0.717, 1.165) is 53.0 Å². The number of nitrogens with zero attached hydrogens (tertiary/aromatic N) is 5. The van der Waals surface area contributed by atoms with Gasteiger partial charge in [-0.25, -0.2) is 4.98 Å². The lowest BCUT2D eigenvalue weighted by atomic mass is 10.2. The average molecular weight is 388 g/mol. The number of likely N-dealkylation sites (tertiary alicyclic amines) is 1. The summed E-state index contributed by atoms with van der Waals surface area (Å²) in [6, 6.07) is 3.78. The maximum Gasteiger partial charge on any atom is 0.255 e.